The number of hydrogen-bond acceptors (Lipinski definition) is 2. The Balaban J connectivity index is 0.000000280. The minimum absolute atomic E-state index is 0.800. The number of fused-ring (bicyclic) bond motifs is 1. The lowest BCUT2D eigenvalue weighted by atomic mass is 10.3. The summed E-state index contributed by atoms with van der Waals surface area (Å²) >= 11 is 0. The summed E-state index contributed by atoms with van der Waals surface area (Å²) in [6.45, 7) is 3.67. The number of rotatable bonds is 2. The van der Waals surface area contributed by atoms with Gasteiger partial charge in [-0.1, -0.05) is 18.2 Å². The lowest BCUT2D eigenvalue weighted by Gasteiger charge is -1.83. The third-order valence-electron chi connectivity index (χ3n) is 1.78. The SMILES string of the molecule is C=CCc1nc2ccccc2[nH]1.NC(=O)O. The summed E-state index contributed by atoms with van der Waals surface area (Å²) < 4.78 is 0. The van der Waals surface area contributed by atoms with Crippen molar-refractivity contribution >= 4 is 17.1 Å². The number of imidazole rings is 1. The van der Waals surface area contributed by atoms with Gasteiger partial charge < -0.3 is 15.8 Å². The number of nitrogens with one attached hydrogen (secondary N) is 1. The molecule has 0 fully saturated rings. The van der Waals surface area contributed by atoms with Gasteiger partial charge >= 0.3 is 6.09 Å². The van der Waals surface area contributed by atoms with Gasteiger partial charge in [0, 0.05) is 6.42 Å². The van der Waals surface area contributed by atoms with Crippen LogP contribution >= 0.6 is 0 Å². The van der Waals surface area contributed by atoms with Gasteiger partial charge in [-0.3, -0.25) is 0 Å². The first-order valence-corrected chi connectivity index (χ1v) is 4.66. The van der Waals surface area contributed by atoms with E-state index in [1.165, 1.54) is 0 Å². The number of aromatic amines is 1. The van der Waals surface area contributed by atoms with E-state index < -0.39 is 6.09 Å². The first kappa shape index (κ1) is 11.8. The fraction of sp³-hybridized carbons (Fsp3) is 0.0909. The van der Waals surface area contributed by atoms with E-state index in [-0.39, 0.29) is 0 Å². The molecule has 5 heteroatoms. The van der Waals surface area contributed by atoms with E-state index in [0.29, 0.717) is 0 Å². The summed E-state index contributed by atoms with van der Waals surface area (Å²) in [7, 11) is 0. The maximum absolute atomic E-state index is 8.78. The standard InChI is InChI=1S/C10H10N2.CH3NO2/c1-2-5-10-11-8-6-3-4-7-9(8)12-10;2-1(3)4/h2-4,6-7H,1,5H2,(H,11,12);2H2,(H,3,4). The second kappa shape index (κ2) is 5.55. The van der Waals surface area contributed by atoms with Gasteiger partial charge in [-0.05, 0) is 12.1 Å². The monoisotopic (exact) mass is 219 g/mol. The molecule has 84 valence electrons. The summed E-state index contributed by atoms with van der Waals surface area (Å²) in [5, 5.41) is 7.19. The van der Waals surface area contributed by atoms with Gasteiger partial charge in [-0.2, -0.15) is 0 Å². The van der Waals surface area contributed by atoms with Gasteiger partial charge in [0.1, 0.15) is 5.82 Å². The number of aromatic nitrogens is 2. The molecule has 2 rings (SSSR count). The van der Waals surface area contributed by atoms with Gasteiger partial charge in [0.2, 0.25) is 0 Å². The summed E-state index contributed by atoms with van der Waals surface area (Å²) in [6.07, 6.45) is 1.31. The fourth-order valence-corrected chi connectivity index (χ4v) is 1.24. The zero-order valence-corrected chi connectivity index (χ0v) is 8.68. The number of amides is 1. The number of nitrogens with zero attached hydrogens (tertiary/aromatic N) is 1. The summed E-state index contributed by atoms with van der Waals surface area (Å²) in [4.78, 5) is 16.4. The maximum Gasteiger partial charge on any atom is 0.402 e. The van der Waals surface area contributed by atoms with Crippen molar-refractivity contribution in [2.75, 3.05) is 0 Å². The van der Waals surface area contributed by atoms with Gasteiger partial charge in [0.15, 0.2) is 0 Å². The third-order valence-corrected chi connectivity index (χ3v) is 1.78. The lowest BCUT2D eigenvalue weighted by molar-refractivity contribution is 0.205. The Morgan fingerprint density at radius 2 is 2.19 bits per heavy atom. The molecule has 1 amide bonds. The van der Waals surface area contributed by atoms with Crippen molar-refractivity contribution in [2.24, 2.45) is 5.73 Å². The van der Waals surface area contributed by atoms with Crippen LogP contribution in [0.2, 0.25) is 0 Å². The molecule has 4 N–H and O–H groups in total. The third kappa shape index (κ3) is 3.45. The fourth-order valence-electron chi connectivity index (χ4n) is 1.24. The average Bonchev–Trinajstić information content (AvgIpc) is 2.59. The van der Waals surface area contributed by atoms with E-state index in [2.05, 4.69) is 22.3 Å². The van der Waals surface area contributed by atoms with Gasteiger partial charge in [-0.15, -0.1) is 6.58 Å². The van der Waals surface area contributed by atoms with Crippen LogP contribution in [0.25, 0.3) is 11.0 Å². The van der Waals surface area contributed by atoms with E-state index in [0.717, 1.165) is 23.3 Å². The molecule has 0 aliphatic heterocycles. The number of primary amides is 1. The van der Waals surface area contributed by atoms with E-state index in [1.54, 1.807) is 0 Å². The highest BCUT2D eigenvalue weighted by molar-refractivity contribution is 5.74. The van der Waals surface area contributed by atoms with E-state index in [9.17, 15) is 0 Å². The zero-order valence-electron chi connectivity index (χ0n) is 8.68. The second-order valence-electron chi connectivity index (χ2n) is 3.03. The van der Waals surface area contributed by atoms with Crippen LogP contribution in [-0.4, -0.2) is 21.2 Å². The van der Waals surface area contributed by atoms with Gasteiger partial charge in [0.05, 0.1) is 11.0 Å². The van der Waals surface area contributed by atoms with Crippen molar-refractivity contribution in [2.45, 2.75) is 6.42 Å². The number of benzene rings is 1. The lowest BCUT2D eigenvalue weighted by Crippen LogP contribution is -2.03. The van der Waals surface area contributed by atoms with E-state index in [1.807, 2.05) is 30.3 Å². The average molecular weight is 219 g/mol. The largest absolute Gasteiger partial charge is 0.465 e. The summed E-state index contributed by atoms with van der Waals surface area (Å²) in [6, 6.07) is 8.01. The molecule has 0 radical (unpaired) electrons. The molecular weight excluding hydrogens is 206 g/mol. The molecule has 0 atom stereocenters. The van der Waals surface area contributed by atoms with E-state index in [4.69, 9.17) is 9.90 Å². The number of allylic oxidation sites excluding steroid dienone is 1. The quantitative estimate of drug-likeness (QED) is 0.673. The van der Waals surface area contributed by atoms with Crippen molar-refractivity contribution in [3.05, 3.63) is 42.7 Å². The topological polar surface area (TPSA) is 92.0 Å². The van der Waals surface area contributed by atoms with Gasteiger partial charge in [-0.25, -0.2) is 9.78 Å². The Morgan fingerprint density at radius 3 is 2.75 bits per heavy atom. The van der Waals surface area contributed by atoms with Crippen molar-refractivity contribution in [1.29, 1.82) is 0 Å². The van der Waals surface area contributed by atoms with Crippen molar-refractivity contribution < 1.29 is 9.90 Å². The van der Waals surface area contributed by atoms with Crippen LogP contribution in [0.4, 0.5) is 4.79 Å². The molecule has 1 aromatic heterocycles. The minimum atomic E-state index is -1.33. The number of hydrogen-bond donors (Lipinski definition) is 3. The molecule has 0 unspecified atom stereocenters. The molecule has 2 aromatic rings. The van der Waals surface area contributed by atoms with Crippen molar-refractivity contribution in [3.8, 4) is 0 Å². The molecule has 16 heavy (non-hydrogen) atoms. The molecule has 1 heterocycles. The molecule has 0 bridgehead atoms. The highest BCUT2D eigenvalue weighted by Crippen LogP contribution is 2.10. The molecular formula is C11H13N3O2. The Morgan fingerprint density at radius 1 is 1.56 bits per heavy atom. The normalized spacial score (nSPS) is 9.25. The molecule has 0 saturated heterocycles. The predicted molar refractivity (Wildman–Crippen MR) is 62.2 cm³/mol. The van der Waals surface area contributed by atoms with Crippen molar-refractivity contribution in [3.63, 3.8) is 0 Å². The zero-order chi connectivity index (χ0) is 12.0. The highest BCUT2D eigenvalue weighted by atomic mass is 16.4. The van der Waals surface area contributed by atoms with Crippen molar-refractivity contribution in [1.82, 2.24) is 9.97 Å². The molecule has 0 saturated carbocycles. The molecule has 0 aliphatic rings. The smallest absolute Gasteiger partial charge is 0.402 e. The minimum Gasteiger partial charge on any atom is -0.465 e. The highest BCUT2D eigenvalue weighted by Gasteiger charge is 1.97. The van der Waals surface area contributed by atoms with Gasteiger partial charge in [0.25, 0.3) is 0 Å². The number of carbonyl (C=O) groups is 1. The van der Waals surface area contributed by atoms with Crippen LogP contribution in [0.1, 0.15) is 5.82 Å². The molecule has 1 aromatic carbocycles. The van der Waals surface area contributed by atoms with Crippen LogP contribution in [0, 0.1) is 0 Å². The first-order chi connectivity index (χ1) is 7.63. The molecule has 5 nitrogen and oxygen atoms in total. The van der Waals surface area contributed by atoms with Crippen LogP contribution in [0.3, 0.4) is 0 Å². The number of nitrogens with two attached hydrogens (primary N) is 1. The summed E-state index contributed by atoms with van der Waals surface area (Å²) in [5.41, 5.74) is 6.14. The van der Waals surface area contributed by atoms with E-state index >= 15 is 0 Å². The maximum atomic E-state index is 8.78. The molecule has 0 spiro atoms. The summed E-state index contributed by atoms with van der Waals surface area (Å²) in [5.74, 6) is 0.978. The number of para-hydroxylation sites is 2. The van der Waals surface area contributed by atoms with Crippen LogP contribution in [-0.2, 0) is 6.42 Å². The predicted octanol–water partition coefficient (Wildman–Crippen LogP) is 1.91. The Hall–Kier alpha value is -2.30. The number of carboxylic acid groups (broad SMARTS) is 1. The van der Waals surface area contributed by atoms with Crippen LogP contribution in [0.15, 0.2) is 36.9 Å². The van der Waals surface area contributed by atoms with Crippen LogP contribution < -0.4 is 5.73 Å². The number of H-pyrrole nitrogens is 1. The van der Waals surface area contributed by atoms with Crippen LogP contribution in [0.5, 0.6) is 0 Å². The second-order valence-corrected chi connectivity index (χ2v) is 3.03. The Labute approximate surface area is 92.6 Å². The molecule has 0 aliphatic carbocycles. The Bertz CT molecular complexity index is 454. The Kier molecular flexibility index (Phi) is 4.08. The first-order valence-electron chi connectivity index (χ1n) is 4.66.